The molecule has 1 aliphatic heterocycles. The van der Waals surface area contributed by atoms with E-state index >= 15 is 0 Å². The average Bonchev–Trinajstić information content (AvgIpc) is 3.46. The molecule has 1 saturated carbocycles. The van der Waals surface area contributed by atoms with Crippen LogP contribution in [-0.4, -0.2) is 45.9 Å². The first kappa shape index (κ1) is 20.5. The summed E-state index contributed by atoms with van der Waals surface area (Å²) in [5, 5.41) is 7.64. The van der Waals surface area contributed by atoms with E-state index in [1.807, 2.05) is 49.8 Å². The Morgan fingerprint density at radius 3 is 2.44 bits per heavy atom. The van der Waals surface area contributed by atoms with Gasteiger partial charge < -0.3 is 15.0 Å². The van der Waals surface area contributed by atoms with Crippen molar-refractivity contribution < 1.29 is 9.53 Å². The molecule has 2 aliphatic rings. The Bertz CT molecular complexity index is 1110. The first-order valence-electron chi connectivity index (χ1n) is 11.2. The Morgan fingerprint density at radius 1 is 1.09 bits per heavy atom. The number of esters is 1. The van der Waals surface area contributed by atoms with Gasteiger partial charge in [-0.3, -0.25) is 9.48 Å². The van der Waals surface area contributed by atoms with Crippen LogP contribution in [0.2, 0.25) is 0 Å². The molecular weight excluding hydrogens is 404 g/mol. The van der Waals surface area contributed by atoms with E-state index in [0.717, 1.165) is 60.7 Å². The Hall–Kier alpha value is -3.42. The number of carbonyl (C=O) groups is 1. The van der Waals surface area contributed by atoms with Crippen molar-refractivity contribution in [1.29, 1.82) is 0 Å². The molecule has 0 radical (unpaired) electrons. The first-order valence-corrected chi connectivity index (χ1v) is 11.2. The molecule has 0 atom stereocenters. The molecule has 8 nitrogen and oxygen atoms in total. The second-order valence-electron chi connectivity index (χ2n) is 8.66. The number of ether oxygens (including phenoxy) is 1. The minimum Gasteiger partial charge on any atom is -0.468 e. The number of hydrogen-bond donors (Lipinski definition) is 1. The van der Waals surface area contributed by atoms with Gasteiger partial charge in [0.2, 0.25) is 5.95 Å². The predicted molar refractivity (Wildman–Crippen MR) is 123 cm³/mol. The second kappa shape index (κ2) is 8.26. The normalized spacial score (nSPS) is 17.1. The van der Waals surface area contributed by atoms with Crippen molar-refractivity contribution in [3.8, 4) is 11.3 Å². The summed E-state index contributed by atoms with van der Waals surface area (Å²) in [6, 6.07) is 10.0. The first-order chi connectivity index (χ1) is 15.6. The molecule has 5 rings (SSSR count). The van der Waals surface area contributed by atoms with Gasteiger partial charge in [0, 0.05) is 43.7 Å². The number of carbonyl (C=O) groups excluding carboxylic acids is 1. The number of nitrogens with one attached hydrogen (secondary N) is 1. The average molecular weight is 433 g/mol. The highest BCUT2D eigenvalue weighted by Gasteiger charge is 2.46. The molecule has 1 saturated heterocycles. The number of benzene rings is 1. The van der Waals surface area contributed by atoms with Gasteiger partial charge in [0.05, 0.1) is 24.4 Å². The Kier molecular flexibility index (Phi) is 5.28. The number of rotatable bonds is 6. The van der Waals surface area contributed by atoms with Gasteiger partial charge in [-0.05, 0) is 43.4 Å². The number of methoxy groups -OCH3 is 1. The zero-order valence-electron chi connectivity index (χ0n) is 18.5. The van der Waals surface area contributed by atoms with Crippen molar-refractivity contribution in [2.75, 3.05) is 30.4 Å². The fraction of sp³-hybridized carbons (Fsp3) is 0.417. The standard InChI is InChI=1S/C24H28N6O2/c1-29-16-17(15-25-29)20-14-21(30-12-3-4-13-30)28-23(27-20)26-19-8-6-18(7-9-19)24(10-5-11-24)22(31)32-2/h6-9,14-16H,3-5,10-13H2,1-2H3,(H,26,27,28). The van der Waals surface area contributed by atoms with E-state index in [1.54, 1.807) is 4.68 Å². The molecular formula is C24H28N6O2. The molecule has 32 heavy (non-hydrogen) atoms. The summed E-state index contributed by atoms with van der Waals surface area (Å²) in [5.74, 6) is 1.33. The quantitative estimate of drug-likeness (QED) is 0.593. The smallest absolute Gasteiger partial charge is 0.316 e. The number of hydrogen-bond acceptors (Lipinski definition) is 7. The summed E-state index contributed by atoms with van der Waals surface area (Å²) < 4.78 is 6.84. The highest BCUT2D eigenvalue weighted by molar-refractivity contribution is 5.84. The molecule has 0 amide bonds. The SMILES string of the molecule is COC(=O)C1(c2ccc(Nc3nc(-c4cnn(C)c4)cc(N4CCCC4)n3)cc2)CCC1. The summed E-state index contributed by atoms with van der Waals surface area (Å²) in [4.78, 5) is 24.2. The number of anilines is 3. The highest BCUT2D eigenvalue weighted by atomic mass is 16.5. The fourth-order valence-corrected chi connectivity index (χ4v) is 4.64. The maximum atomic E-state index is 12.4. The van der Waals surface area contributed by atoms with E-state index in [0.29, 0.717) is 5.95 Å². The summed E-state index contributed by atoms with van der Waals surface area (Å²) in [7, 11) is 3.36. The topological polar surface area (TPSA) is 85.2 Å². The van der Waals surface area contributed by atoms with Crippen molar-refractivity contribution in [2.24, 2.45) is 7.05 Å². The van der Waals surface area contributed by atoms with Crippen molar-refractivity contribution >= 4 is 23.4 Å². The minimum absolute atomic E-state index is 0.146. The number of aryl methyl sites for hydroxylation is 1. The van der Waals surface area contributed by atoms with E-state index in [4.69, 9.17) is 14.7 Å². The maximum Gasteiger partial charge on any atom is 0.316 e. The lowest BCUT2D eigenvalue weighted by Gasteiger charge is -2.39. The molecule has 0 unspecified atom stereocenters. The van der Waals surface area contributed by atoms with Crippen molar-refractivity contribution in [2.45, 2.75) is 37.5 Å². The summed E-state index contributed by atoms with van der Waals surface area (Å²) in [6.07, 6.45) is 8.85. The third-order valence-electron chi connectivity index (χ3n) is 6.62. The van der Waals surface area contributed by atoms with Gasteiger partial charge in [0.15, 0.2) is 0 Å². The van der Waals surface area contributed by atoms with Gasteiger partial charge in [-0.2, -0.15) is 10.1 Å². The molecule has 0 bridgehead atoms. The monoisotopic (exact) mass is 432 g/mol. The Labute approximate surface area is 187 Å². The number of nitrogens with zero attached hydrogens (tertiary/aromatic N) is 5. The van der Waals surface area contributed by atoms with Crippen LogP contribution in [0.3, 0.4) is 0 Å². The van der Waals surface area contributed by atoms with Crippen LogP contribution in [0.4, 0.5) is 17.5 Å². The zero-order valence-corrected chi connectivity index (χ0v) is 18.5. The fourth-order valence-electron chi connectivity index (χ4n) is 4.64. The van der Waals surface area contributed by atoms with Gasteiger partial charge in [-0.25, -0.2) is 4.98 Å². The minimum atomic E-state index is -0.493. The molecule has 0 spiro atoms. The van der Waals surface area contributed by atoms with Crippen LogP contribution in [0.1, 0.15) is 37.7 Å². The summed E-state index contributed by atoms with van der Waals surface area (Å²) >= 11 is 0. The van der Waals surface area contributed by atoms with Crippen LogP contribution < -0.4 is 10.2 Å². The van der Waals surface area contributed by atoms with Gasteiger partial charge in [-0.1, -0.05) is 18.6 Å². The van der Waals surface area contributed by atoms with Gasteiger partial charge in [0.1, 0.15) is 5.82 Å². The maximum absolute atomic E-state index is 12.4. The van der Waals surface area contributed by atoms with Crippen LogP contribution in [-0.2, 0) is 22.0 Å². The lowest BCUT2D eigenvalue weighted by molar-refractivity contribution is -0.151. The van der Waals surface area contributed by atoms with Crippen LogP contribution in [0.15, 0.2) is 42.7 Å². The molecule has 166 valence electrons. The van der Waals surface area contributed by atoms with E-state index in [-0.39, 0.29) is 5.97 Å². The van der Waals surface area contributed by atoms with E-state index in [2.05, 4.69) is 15.3 Å². The van der Waals surface area contributed by atoms with E-state index < -0.39 is 5.41 Å². The molecule has 1 aromatic carbocycles. The molecule has 1 N–H and O–H groups in total. The molecule has 2 fully saturated rings. The highest BCUT2D eigenvalue weighted by Crippen LogP contribution is 2.45. The van der Waals surface area contributed by atoms with Gasteiger partial charge in [-0.15, -0.1) is 0 Å². The lowest BCUT2D eigenvalue weighted by atomic mass is 9.64. The largest absolute Gasteiger partial charge is 0.468 e. The third-order valence-corrected chi connectivity index (χ3v) is 6.62. The lowest BCUT2D eigenvalue weighted by Crippen LogP contribution is -2.43. The van der Waals surface area contributed by atoms with Crippen LogP contribution in [0, 0.1) is 0 Å². The van der Waals surface area contributed by atoms with Crippen LogP contribution >= 0.6 is 0 Å². The number of aromatic nitrogens is 4. The van der Waals surface area contributed by atoms with Crippen molar-refractivity contribution in [3.63, 3.8) is 0 Å². The molecule has 8 heteroatoms. The summed E-state index contributed by atoms with van der Waals surface area (Å²) in [6.45, 7) is 2.01. The molecule has 1 aliphatic carbocycles. The summed E-state index contributed by atoms with van der Waals surface area (Å²) in [5.41, 5.74) is 3.19. The molecule has 3 aromatic rings. The van der Waals surface area contributed by atoms with Crippen LogP contribution in [0.5, 0.6) is 0 Å². The predicted octanol–water partition coefficient (Wildman–Crippen LogP) is 3.82. The molecule has 2 aromatic heterocycles. The van der Waals surface area contributed by atoms with Crippen LogP contribution in [0.25, 0.3) is 11.3 Å². The van der Waals surface area contributed by atoms with Crippen molar-refractivity contribution in [1.82, 2.24) is 19.7 Å². The van der Waals surface area contributed by atoms with Crippen molar-refractivity contribution in [3.05, 3.63) is 48.3 Å². The second-order valence-corrected chi connectivity index (χ2v) is 8.66. The zero-order chi connectivity index (χ0) is 22.1. The van der Waals surface area contributed by atoms with E-state index in [9.17, 15) is 4.79 Å². The Balaban J connectivity index is 1.43. The molecule has 3 heterocycles. The Morgan fingerprint density at radius 2 is 1.84 bits per heavy atom. The third kappa shape index (κ3) is 3.70. The van der Waals surface area contributed by atoms with Gasteiger partial charge >= 0.3 is 5.97 Å². The van der Waals surface area contributed by atoms with E-state index in [1.165, 1.54) is 20.0 Å². The van der Waals surface area contributed by atoms with Gasteiger partial charge in [0.25, 0.3) is 0 Å².